The van der Waals surface area contributed by atoms with Gasteiger partial charge < -0.3 is 10.2 Å². The Balaban J connectivity index is 1.62. The van der Waals surface area contributed by atoms with Crippen LogP contribution in [-0.4, -0.2) is 61.2 Å². The fourth-order valence-corrected chi connectivity index (χ4v) is 3.57. The van der Waals surface area contributed by atoms with E-state index in [1.165, 1.54) is 70.4 Å². The van der Waals surface area contributed by atoms with E-state index in [9.17, 15) is 0 Å². The lowest BCUT2D eigenvalue weighted by Crippen LogP contribution is -2.49. The number of piperidine rings is 2. The van der Waals surface area contributed by atoms with Gasteiger partial charge in [-0.2, -0.15) is 0 Å². The fourth-order valence-electron chi connectivity index (χ4n) is 3.57. The minimum absolute atomic E-state index is 0.760. The van der Waals surface area contributed by atoms with Gasteiger partial charge >= 0.3 is 0 Å². The molecule has 1 N–H and O–H groups in total. The molecule has 2 aliphatic heterocycles. The van der Waals surface area contributed by atoms with Crippen molar-refractivity contribution in [3.05, 3.63) is 11.6 Å². The van der Waals surface area contributed by atoms with Gasteiger partial charge in [0.15, 0.2) is 0 Å². The molecular formula is C18H35N3. The molecule has 2 fully saturated rings. The molecule has 0 aromatic heterocycles. The predicted octanol–water partition coefficient (Wildman–Crippen LogP) is 2.88. The highest BCUT2D eigenvalue weighted by Crippen LogP contribution is 2.16. The first-order valence-corrected chi connectivity index (χ1v) is 9.01. The largest absolute Gasteiger partial charge is 0.311 e. The molecule has 2 heterocycles. The first-order chi connectivity index (χ1) is 10.2. The Morgan fingerprint density at radius 3 is 1.95 bits per heavy atom. The van der Waals surface area contributed by atoms with E-state index >= 15 is 0 Å². The Morgan fingerprint density at radius 2 is 1.48 bits per heavy atom. The Morgan fingerprint density at radius 1 is 0.952 bits per heavy atom. The van der Waals surface area contributed by atoms with Gasteiger partial charge in [-0.3, -0.25) is 4.90 Å². The van der Waals surface area contributed by atoms with E-state index in [4.69, 9.17) is 0 Å². The van der Waals surface area contributed by atoms with Gasteiger partial charge in [0.1, 0.15) is 0 Å². The van der Waals surface area contributed by atoms with Crippen LogP contribution in [0.4, 0.5) is 0 Å². The maximum absolute atomic E-state index is 3.94. The lowest BCUT2D eigenvalue weighted by molar-refractivity contribution is 0.165. The van der Waals surface area contributed by atoms with E-state index in [1.54, 1.807) is 0 Å². The van der Waals surface area contributed by atoms with Crippen LogP contribution < -0.4 is 5.32 Å². The molecule has 2 aliphatic rings. The predicted molar refractivity (Wildman–Crippen MR) is 91.8 cm³/mol. The molecule has 0 bridgehead atoms. The zero-order chi connectivity index (χ0) is 15.1. The van der Waals surface area contributed by atoms with Gasteiger partial charge in [-0.1, -0.05) is 18.6 Å². The van der Waals surface area contributed by atoms with E-state index < -0.39 is 0 Å². The Kier molecular flexibility index (Phi) is 7.21. The van der Waals surface area contributed by atoms with E-state index in [2.05, 4.69) is 42.0 Å². The summed E-state index contributed by atoms with van der Waals surface area (Å²) in [5, 5.41) is 3.94. The van der Waals surface area contributed by atoms with Crippen LogP contribution in [0.5, 0.6) is 0 Å². The van der Waals surface area contributed by atoms with Crippen LogP contribution >= 0.6 is 0 Å². The normalized spacial score (nSPS) is 23.4. The highest BCUT2D eigenvalue weighted by atomic mass is 15.2. The van der Waals surface area contributed by atoms with Crippen molar-refractivity contribution in [3.8, 4) is 0 Å². The highest BCUT2D eigenvalue weighted by molar-refractivity contribution is 4.96. The maximum atomic E-state index is 3.94. The van der Waals surface area contributed by atoms with E-state index in [-0.39, 0.29) is 0 Å². The van der Waals surface area contributed by atoms with Crippen LogP contribution in [0.2, 0.25) is 0 Å². The number of nitrogens with zero attached hydrogens (tertiary/aromatic N) is 2. The van der Waals surface area contributed by atoms with Crippen molar-refractivity contribution in [2.24, 2.45) is 0 Å². The second-order valence-corrected chi connectivity index (χ2v) is 7.14. The van der Waals surface area contributed by atoms with Gasteiger partial charge in [-0.15, -0.1) is 0 Å². The summed E-state index contributed by atoms with van der Waals surface area (Å²) in [4.78, 5) is 5.22. The molecule has 0 atom stereocenters. The molecule has 0 aliphatic carbocycles. The minimum atomic E-state index is 0.760. The third-order valence-electron chi connectivity index (χ3n) is 4.94. The Bertz CT molecular complexity index is 306. The van der Waals surface area contributed by atoms with Gasteiger partial charge in [-0.05, 0) is 78.7 Å². The van der Waals surface area contributed by atoms with Crippen molar-refractivity contribution in [3.63, 3.8) is 0 Å². The summed E-state index contributed by atoms with van der Waals surface area (Å²) >= 11 is 0. The third kappa shape index (κ3) is 6.09. The van der Waals surface area contributed by atoms with Crippen molar-refractivity contribution < 1.29 is 0 Å². The molecule has 0 amide bonds. The van der Waals surface area contributed by atoms with Gasteiger partial charge in [0.2, 0.25) is 0 Å². The average Bonchev–Trinajstić information content (AvgIpc) is 2.49. The van der Waals surface area contributed by atoms with Gasteiger partial charge in [0.25, 0.3) is 0 Å². The lowest BCUT2D eigenvalue weighted by Gasteiger charge is -2.37. The smallest absolute Gasteiger partial charge is 0.0165 e. The van der Waals surface area contributed by atoms with Crippen molar-refractivity contribution in [2.45, 2.75) is 65.0 Å². The molecule has 122 valence electrons. The quantitative estimate of drug-likeness (QED) is 0.760. The van der Waals surface area contributed by atoms with Gasteiger partial charge in [0.05, 0.1) is 0 Å². The van der Waals surface area contributed by atoms with Crippen LogP contribution in [0.25, 0.3) is 0 Å². The maximum Gasteiger partial charge on any atom is 0.0165 e. The Hall–Kier alpha value is -0.380. The molecule has 0 aromatic rings. The summed E-state index contributed by atoms with van der Waals surface area (Å²) in [5.74, 6) is 0. The van der Waals surface area contributed by atoms with Crippen LogP contribution in [-0.2, 0) is 0 Å². The molecule has 2 saturated heterocycles. The first kappa shape index (κ1) is 17.0. The zero-order valence-electron chi connectivity index (χ0n) is 14.4. The van der Waals surface area contributed by atoms with Crippen molar-refractivity contribution in [1.29, 1.82) is 0 Å². The summed E-state index contributed by atoms with van der Waals surface area (Å²) in [6.07, 6.45) is 8.99. The fraction of sp³-hybridized carbons (Fsp3) is 0.889. The molecule has 0 aromatic carbocycles. The van der Waals surface area contributed by atoms with Crippen molar-refractivity contribution in [1.82, 2.24) is 15.1 Å². The lowest BCUT2D eigenvalue weighted by atomic mass is 9.99. The standard InChI is InChI=1S/C18H35N3/c1-4-10-20-12-6-17(7-13-20)19-18-8-14-21(15-9-18)11-5-16(2)3/h5,17-19H,4,6-15H2,1-3H3. The van der Waals surface area contributed by atoms with E-state index in [0.29, 0.717) is 0 Å². The molecule has 0 spiro atoms. The molecule has 3 nitrogen and oxygen atoms in total. The van der Waals surface area contributed by atoms with Crippen LogP contribution in [0.1, 0.15) is 52.9 Å². The number of nitrogens with one attached hydrogen (secondary N) is 1. The first-order valence-electron chi connectivity index (χ1n) is 9.01. The van der Waals surface area contributed by atoms with Gasteiger partial charge in [-0.25, -0.2) is 0 Å². The second kappa shape index (κ2) is 8.92. The Labute approximate surface area is 131 Å². The molecule has 0 saturated carbocycles. The zero-order valence-corrected chi connectivity index (χ0v) is 14.4. The molecular weight excluding hydrogens is 258 g/mol. The number of hydrogen-bond acceptors (Lipinski definition) is 3. The molecule has 3 heteroatoms. The molecule has 21 heavy (non-hydrogen) atoms. The van der Waals surface area contributed by atoms with Crippen LogP contribution in [0.3, 0.4) is 0 Å². The number of allylic oxidation sites excluding steroid dienone is 1. The van der Waals surface area contributed by atoms with Gasteiger partial charge in [0, 0.05) is 18.6 Å². The van der Waals surface area contributed by atoms with Crippen molar-refractivity contribution >= 4 is 0 Å². The number of likely N-dealkylation sites (tertiary alicyclic amines) is 2. The summed E-state index contributed by atoms with van der Waals surface area (Å²) in [6, 6.07) is 1.53. The number of rotatable bonds is 6. The minimum Gasteiger partial charge on any atom is -0.311 e. The summed E-state index contributed by atoms with van der Waals surface area (Å²) in [5.41, 5.74) is 1.44. The summed E-state index contributed by atoms with van der Waals surface area (Å²) < 4.78 is 0. The molecule has 0 unspecified atom stereocenters. The van der Waals surface area contributed by atoms with Crippen molar-refractivity contribution in [2.75, 3.05) is 39.3 Å². The summed E-state index contributed by atoms with van der Waals surface area (Å²) in [6.45, 7) is 14.2. The highest BCUT2D eigenvalue weighted by Gasteiger charge is 2.24. The topological polar surface area (TPSA) is 18.5 Å². The molecule has 2 rings (SSSR count). The average molecular weight is 293 g/mol. The summed E-state index contributed by atoms with van der Waals surface area (Å²) in [7, 11) is 0. The monoisotopic (exact) mass is 293 g/mol. The van der Waals surface area contributed by atoms with Crippen LogP contribution in [0, 0.1) is 0 Å². The van der Waals surface area contributed by atoms with E-state index in [1.807, 2.05) is 0 Å². The van der Waals surface area contributed by atoms with E-state index in [0.717, 1.165) is 18.6 Å². The third-order valence-corrected chi connectivity index (χ3v) is 4.94. The van der Waals surface area contributed by atoms with Crippen LogP contribution in [0.15, 0.2) is 11.6 Å². The second-order valence-electron chi connectivity index (χ2n) is 7.14. The SMILES string of the molecule is CCCN1CCC(NC2CCN(CC=C(C)C)CC2)CC1. The number of hydrogen-bond donors (Lipinski definition) is 1. The molecule has 0 radical (unpaired) electrons.